The minimum Gasteiger partial charge on any atom is -0.480 e. The SMILES string of the molecule is Cc1ccc(C2CCNC2C(=O)O)c(Br)c1. The second-order valence-corrected chi connectivity index (χ2v) is 5.04. The number of carbonyl (C=O) groups is 1. The van der Waals surface area contributed by atoms with Crippen LogP contribution in [0.3, 0.4) is 0 Å². The Kier molecular flexibility index (Phi) is 3.30. The van der Waals surface area contributed by atoms with E-state index in [1.165, 1.54) is 5.56 Å². The summed E-state index contributed by atoms with van der Waals surface area (Å²) >= 11 is 3.51. The van der Waals surface area contributed by atoms with Crippen LogP contribution in [0.5, 0.6) is 0 Å². The van der Waals surface area contributed by atoms with E-state index in [1.54, 1.807) is 0 Å². The Hall–Kier alpha value is -0.870. The molecule has 0 amide bonds. The zero-order valence-electron chi connectivity index (χ0n) is 9.03. The van der Waals surface area contributed by atoms with Crippen molar-refractivity contribution in [3.05, 3.63) is 33.8 Å². The van der Waals surface area contributed by atoms with Gasteiger partial charge in [-0.2, -0.15) is 0 Å². The molecule has 2 rings (SSSR count). The molecule has 1 heterocycles. The maximum atomic E-state index is 11.1. The van der Waals surface area contributed by atoms with E-state index in [2.05, 4.69) is 21.2 Å². The molecule has 1 aliphatic heterocycles. The summed E-state index contributed by atoms with van der Waals surface area (Å²) in [5.74, 6) is -0.706. The van der Waals surface area contributed by atoms with Gasteiger partial charge in [-0.3, -0.25) is 4.79 Å². The Morgan fingerprint density at radius 3 is 2.94 bits per heavy atom. The lowest BCUT2D eigenvalue weighted by Crippen LogP contribution is -2.34. The summed E-state index contributed by atoms with van der Waals surface area (Å²) in [6.45, 7) is 2.79. The van der Waals surface area contributed by atoms with Crippen molar-refractivity contribution in [1.29, 1.82) is 0 Å². The van der Waals surface area contributed by atoms with Gasteiger partial charge in [0.15, 0.2) is 0 Å². The number of carboxylic acid groups (broad SMARTS) is 1. The summed E-state index contributed by atoms with van der Waals surface area (Å²) in [4.78, 5) is 11.1. The van der Waals surface area contributed by atoms with E-state index in [-0.39, 0.29) is 5.92 Å². The van der Waals surface area contributed by atoms with Gasteiger partial charge in [0.25, 0.3) is 0 Å². The molecule has 86 valence electrons. The maximum Gasteiger partial charge on any atom is 0.321 e. The van der Waals surface area contributed by atoms with E-state index in [9.17, 15) is 4.79 Å². The fourth-order valence-electron chi connectivity index (χ4n) is 2.23. The average Bonchev–Trinajstić information content (AvgIpc) is 2.66. The van der Waals surface area contributed by atoms with Crippen LogP contribution in [0.4, 0.5) is 0 Å². The first-order valence-corrected chi connectivity index (χ1v) is 6.11. The van der Waals surface area contributed by atoms with Crippen molar-refractivity contribution in [3.8, 4) is 0 Å². The summed E-state index contributed by atoms with van der Waals surface area (Å²) < 4.78 is 1.01. The van der Waals surface area contributed by atoms with Gasteiger partial charge in [0.05, 0.1) is 0 Å². The highest BCUT2D eigenvalue weighted by molar-refractivity contribution is 9.10. The minimum atomic E-state index is -0.769. The molecule has 1 saturated heterocycles. The highest BCUT2D eigenvalue weighted by atomic mass is 79.9. The molecule has 1 fully saturated rings. The Morgan fingerprint density at radius 2 is 2.31 bits per heavy atom. The standard InChI is InChI=1S/C12H14BrNO2/c1-7-2-3-8(10(13)6-7)9-4-5-14-11(9)12(15)16/h2-3,6,9,11,14H,4-5H2,1H3,(H,15,16). The molecular formula is C12H14BrNO2. The van der Waals surface area contributed by atoms with Crippen LogP contribution in [0, 0.1) is 6.92 Å². The van der Waals surface area contributed by atoms with Crippen LogP contribution in [-0.2, 0) is 4.79 Å². The van der Waals surface area contributed by atoms with Gasteiger partial charge in [-0.25, -0.2) is 0 Å². The molecule has 0 aliphatic carbocycles. The van der Waals surface area contributed by atoms with Gasteiger partial charge >= 0.3 is 5.97 Å². The second kappa shape index (κ2) is 4.55. The average molecular weight is 284 g/mol. The van der Waals surface area contributed by atoms with Crippen LogP contribution in [0.25, 0.3) is 0 Å². The number of halogens is 1. The molecule has 2 N–H and O–H groups in total. The predicted octanol–water partition coefficient (Wildman–Crippen LogP) is 2.29. The molecule has 16 heavy (non-hydrogen) atoms. The molecule has 0 bridgehead atoms. The monoisotopic (exact) mass is 283 g/mol. The van der Waals surface area contributed by atoms with Crippen LogP contribution < -0.4 is 5.32 Å². The van der Waals surface area contributed by atoms with E-state index in [4.69, 9.17) is 5.11 Å². The smallest absolute Gasteiger partial charge is 0.321 e. The van der Waals surface area contributed by atoms with E-state index < -0.39 is 12.0 Å². The van der Waals surface area contributed by atoms with Crippen molar-refractivity contribution in [2.75, 3.05) is 6.54 Å². The van der Waals surface area contributed by atoms with Gasteiger partial charge in [-0.15, -0.1) is 0 Å². The van der Waals surface area contributed by atoms with Crippen LogP contribution in [0.2, 0.25) is 0 Å². The van der Waals surface area contributed by atoms with Crippen molar-refractivity contribution < 1.29 is 9.90 Å². The normalized spacial score (nSPS) is 24.6. The van der Waals surface area contributed by atoms with Crippen molar-refractivity contribution >= 4 is 21.9 Å². The fraction of sp³-hybridized carbons (Fsp3) is 0.417. The lowest BCUT2D eigenvalue weighted by molar-refractivity contribution is -0.139. The van der Waals surface area contributed by atoms with Gasteiger partial charge < -0.3 is 10.4 Å². The molecule has 1 aromatic rings. The number of nitrogens with one attached hydrogen (secondary N) is 1. The molecule has 2 unspecified atom stereocenters. The minimum absolute atomic E-state index is 0.0625. The van der Waals surface area contributed by atoms with Crippen molar-refractivity contribution in [2.45, 2.75) is 25.3 Å². The van der Waals surface area contributed by atoms with Gasteiger partial charge in [-0.1, -0.05) is 28.1 Å². The molecule has 1 aromatic carbocycles. The molecular weight excluding hydrogens is 270 g/mol. The van der Waals surface area contributed by atoms with E-state index in [0.29, 0.717) is 0 Å². The molecule has 1 aliphatic rings. The molecule has 3 nitrogen and oxygen atoms in total. The number of hydrogen-bond acceptors (Lipinski definition) is 2. The first-order chi connectivity index (χ1) is 7.59. The lowest BCUT2D eigenvalue weighted by atomic mass is 9.91. The molecule has 0 radical (unpaired) electrons. The zero-order chi connectivity index (χ0) is 11.7. The topological polar surface area (TPSA) is 49.3 Å². The van der Waals surface area contributed by atoms with E-state index in [1.807, 2.05) is 25.1 Å². The summed E-state index contributed by atoms with van der Waals surface area (Å²) in [5.41, 5.74) is 2.26. The van der Waals surface area contributed by atoms with Crippen LogP contribution in [0.1, 0.15) is 23.5 Å². The molecule has 4 heteroatoms. The highest BCUT2D eigenvalue weighted by Gasteiger charge is 2.34. The molecule has 0 saturated carbocycles. The Balaban J connectivity index is 2.32. The number of hydrogen-bond donors (Lipinski definition) is 2. The van der Waals surface area contributed by atoms with Gasteiger partial charge in [0.1, 0.15) is 6.04 Å². The maximum absolute atomic E-state index is 11.1. The Morgan fingerprint density at radius 1 is 1.56 bits per heavy atom. The molecule has 0 spiro atoms. The van der Waals surface area contributed by atoms with Gasteiger partial charge in [-0.05, 0) is 37.1 Å². The molecule has 0 aromatic heterocycles. The van der Waals surface area contributed by atoms with Gasteiger partial charge in [0, 0.05) is 10.4 Å². The van der Waals surface area contributed by atoms with Crippen LogP contribution >= 0.6 is 15.9 Å². The highest BCUT2D eigenvalue weighted by Crippen LogP contribution is 2.33. The van der Waals surface area contributed by atoms with Crippen molar-refractivity contribution in [2.24, 2.45) is 0 Å². The quantitative estimate of drug-likeness (QED) is 0.876. The van der Waals surface area contributed by atoms with Crippen molar-refractivity contribution in [3.63, 3.8) is 0 Å². The summed E-state index contributed by atoms with van der Waals surface area (Å²) in [7, 11) is 0. The van der Waals surface area contributed by atoms with Crippen molar-refractivity contribution in [1.82, 2.24) is 5.32 Å². The number of carboxylic acids is 1. The second-order valence-electron chi connectivity index (χ2n) is 4.19. The summed E-state index contributed by atoms with van der Waals surface area (Å²) in [6, 6.07) is 5.62. The van der Waals surface area contributed by atoms with E-state index >= 15 is 0 Å². The fourth-order valence-corrected chi connectivity index (χ4v) is 3.02. The number of rotatable bonds is 2. The number of benzene rings is 1. The Bertz CT molecular complexity index is 419. The van der Waals surface area contributed by atoms with Crippen LogP contribution in [-0.4, -0.2) is 23.7 Å². The third-order valence-corrected chi connectivity index (χ3v) is 3.73. The van der Waals surface area contributed by atoms with Gasteiger partial charge in [0.2, 0.25) is 0 Å². The first-order valence-electron chi connectivity index (χ1n) is 5.32. The summed E-state index contributed by atoms with van der Waals surface area (Å²) in [5, 5.41) is 12.1. The third kappa shape index (κ3) is 2.13. The largest absolute Gasteiger partial charge is 0.480 e. The third-order valence-electron chi connectivity index (χ3n) is 3.04. The summed E-state index contributed by atoms with van der Waals surface area (Å²) in [6.07, 6.45) is 0.874. The zero-order valence-corrected chi connectivity index (χ0v) is 10.6. The molecule has 2 atom stereocenters. The predicted molar refractivity (Wildman–Crippen MR) is 65.7 cm³/mol. The number of aryl methyl sites for hydroxylation is 1. The lowest BCUT2D eigenvalue weighted by Gasteiger charge is -2.17. The first kappa shape index (κ1) is 11.6. The van der Waals surface area contributed by atoms with Crippen LogP contribution in [0.15, 0.2) is 22.7 Å². The van der Waals surface area contributed by atoms with E-state index in [0.717, 1.165) is 23.0 Å². The number of aliphatic carboxylic acids is 1. The Labute approximate surface area is 103 Å².